The molecule has 0 aliphatic rings. The average Bonchev–Trinajstić information content (AvgIpc) is 2.71. The number of halogens is 2. The third-order valence-corrected chi connectivity index (χ3v) is 5.50. The topological polar surface area (TPSA) is 85.1 Å². The first-order valence-electron chi connectivity index (χ1n) is 5.45. The van der Waals surface area contributed by atoms with Crippen molar-refractivity contribution in [1.29, 1.82) is 0 Å². The molecule has 9 heteroatoms. The predicted molar refractivity (Wildman–Crippen MR) is 81.8 cm³/mol. The monoisotopic (exact) mass is 351 g/mol. The summed E-state index contributed by atoms with van der Waals surface area (Å²) in [7, 11) is -3.83. The molecule has 108 valence electrons. The van der Waals surface area contributed by atoms with E-state index in [2.05, 4.69) is 9.71 Å². The molecule has 1 aromatic carbocycles. The lowest BCUT2D eigenvalue weighted by atomic mass is 10.3. The highest BCUT2D eigenvalue weighted by molar-refractivity contribution is 7.89. The maximum atomic E-state index is 12.2. The third-order valence-electron chi connectivity index (χ3n) is 2.39. The Morgan fingerprint density at radius 1 is 1.40 bits per heavy atom. The number of anilines is 1. The molecular formula is C11H11Cl2N3O2S2. The maximum absolute atomic E-state index is 12.2. The molecule has 0 radical (unpaired) electrons. The fourth-order valence-electron chi connectivity index (χ4n) is 1.58. The van der Waals surface area contributed by atoms with Crippen molar-refractivity contribution in [3.8, 4) is 0 Å². The second-order valence-electron chi connectivity index (χ2n) is 4.01. The number of nitrogens with one attached hydrogen (secondary N) is 1. The molecule has 0 saturated carbocycles. The van der Waals surface area contributed by atoms with Gasteiger partial charge in [0.2, 0.25) is 10.0 Å². The largest absolute Gasteiger partial charge is 0.398 e. The van der Waals surface area contributed by atoms with Crippen molar-refractivity contribution in [3.63, 3.8) is 0 Å². The number of aromatic nitrogens is 1. The molecule has 0 unspecified atom stereocenters. The lowest BCUT2D eigenvalue weighted by molar-refractivity contribution is 0.581. The standard InChI is InChI=1S/C11H11Cl2N3O2S2/c1-6-5-19-10(16-6)4-15-20(17,18)11-8(13)2-7(12)3-9(11)14/h2-3,5,15H,4,14H2,1H3. The van der Waals surface area contributed by atoms with Gasteiger partial charge in [-0.2, -0.15) is 0 Å². The average molecular weight is 352 g/mol. The van der Waals surface area contributed by atoms with Crippen LogP contribution in [0.5, 0.6) is 0 Å². The third kappa shape index (κ3) is 3.42. The SMILES string of the molecule is Cc1csc(CNS(=O)(=O)c2c(N)cc(Cl)cc2Cl)n1. The van der Waals surface area contributed by atoms with Gasteiger partial charge < -0.3 is 5.73 Å². The van der Waals surface area contributed by atoms with Crippen LogP contribution in [0, 0.1) is 6.92 Å². The molecule has 0 spiro atoms. The Labute approximate surface area is 130 Å². The quantitative estimate of drug-likeness (QED) is 0.829. The maximum Gasteiger partial charge on any atom is 0.244 e. The van der Waals surface area contributed by atoms with Crippen molar-refractivity contribution in [2.45, 2.75) is 18.4 Å². The van der Waals surface area contributed by atoms with E-state index in [1.807, 2.05) is 12.3 Å². The number of nitrogen functional groups attached to an aromatic ring is 1. The number of benzene rings is 1. The predicted octanol–water partition coefficient (Wildman–Crippen LogP) is 2.82. The van der Waals surface area contributed by atoms with Crippen molar-refractivity contribution in [1.82, 2.24) is 9.71 Å². The normalized spacial score (nSPS) is 11.8. The minimum Gasteiger partial charge on any atom is -0.398 e. The van der Waals surface area contributed by atoms with Gasteiger partial charge in [-0.05, 0) is 19.1 Å². The Morgan fingerprint density at radius 2 is 2.10 bits per heavy atom. The highest BCUT2D eigenvalue weighted by Gasteiger charge is 2.22. The Morgan fingerprint density at radius 3 is 2.65 bits per heavy atom. The molecule has 1 aromatic heterocycles. The Balaban J connectivity index is 2.27. The van der Waals surface area contributed by atoms with E-state index in [-0.39, 0.29) is 27.2 Å². The molecule has 0 aliphatic heterocycles. The van der Waals surface area contributed by atoms with Crippen LogP contribution in [0.3, 0.4) is 0 Å². The summed E-state index contributed by atoms with van der Waals surface area (Å²) in [5.74, 6) is 0. The van der Waals surface area contributed by atoms with Gasteiger partial charge in [-0.25, -0.2) is 18.1 Å². The molecule has 0 atom stereocenters. The first-order valence-corrected chi connectivity index (χ1v) is 8.56. The summed E-state index contributed by atoms with van der Waals surface area (Å²) in [5.41, 5.74) is 6.53. The second-order valence-corrected chi connectivity index (χ2v) is 7.50. The first-order chi connectivity index (χ1) is 9.29. The molecule has 2 rings (SSSR count). The number of thiazole rings is 1. The molecule has 0 aliphatic carbocycles. The van der Waals surface area contributed by atoms with E-state index in [4.69, 9.17) is 28.9 Å². The first kappa shape index (κ1) is 15.5. The smallest absolute Gasteiger partial charge is 0.244 e. The molecule has 5 nitrogen and oxygen atoms in total. The van der Waals surface area contributed by atoms with Crippen LogP contribution in [0.4, 0.5) is 5.69 Å². The van der Waals surface area contributed by atoms with E-state index in [0.717, 1.165) is 5.69 Å². The number of nitrogens with zero attached hydrogens (tertiary/aromatic N) is 1. The molecule has 1 heterocycles. The Hall–Kier alpha value is -0.860. The van der Waals surface area contributed by atoms with Crippen LogP contribution in [-0.2, 0) is 16.6 Å². The number of hydrogen-bond donors (Lipinski definition) is 2. The molecule has 0 fully saturated rings. The molecule has 0 saturated heterocycles. The Kier molecular flexibility index (Phi) is 4.55. The van der Waals surface area contributed by atoms with Gasteiger partial charge in [0.1, 0.15) is 9.90 Å². The van der Waals surface area contributed by atoms with Gasteiger partial charge in [0.15, 0.2) is 0 Å². The van der Waals surface area contributed by atoms with Gasteiger partial charge in [-0.15, -0.1) is 11.3 Å². The van der Waals surface area contributed by atoms with E-state index in [9.17, 15) is 8.42 Å². The number of hydrogen-bond acceptors (Lipinski definition) is 5. The fraction of sp³-hybridized carbons (Fsp3) is 0.182. The van der Waals surface area contributed by atoms with Crippen LogP contribution < -0.4 is 10.5 Å². The number of aryl methyl sites for hydroxylation is 1. The van der Waals surface area contributed by atoms with Crippen molar-refractivity contribution < 1.29 is 8.42 Å². The molecule has 2 aromatic rings. The van der Waals surface area contributed by atoms with Gasteiger partial charge in [0.25, 0.3) is 0 Å². The van der Waals surface area contributed by atoms with Gasteiger partial charge in [-0.1, -0.05) is 23.2 Å². The van der Waals surface area contributed by atoms with Crippen molar-refractivity contribution in [3.05, 3.63) is 38.3 Å². The van der Waals surface area contributed by atoms with Crippen molar-refractivity contribution in [2.24, 2.45) is 0 Å². The summed E-state index contributed by atoms with van der Waals surface area (Å²) in [5, 5.41) is 2.77. The van der Waals surface area contributed by atoms with Gasteiger partial charge in [0, 0.05) is 16.1 Å². The molecular weight excluding hydrogens is 341 g/mol. The van der Waals surface area contributed by atoms with Gasteiger partial charge in [0.05, 0.1) is 17.3 Å². The van der Waals surface area contributed by atoms with Crippen LogP contribution >= 0.6 is 34.5 Å². The summed E-state index contributed by atoms with van der Waals surface area (Å²) in [6.07, 6.45) is 0. The molecule has 0 amide bonds. The number of rotatable bonds is 4. The van der Waals surface area contributed by atoms with E-state index in [1.165, 1.54) is 23.5 Å². The van der Waals surface area contributed by atoms with E-state index in [0.29, 0.717) is 5.01 Å². The molecule has 3 N–H and O–H groups in total. The number of sulfonamides is 1. The van der Waals surface area contributed by atoms with Crippen LogP contribution in [-0.4, -0.2) is 13.4 Å². The summed E-state index contributed by atoms with van der Waals surface area (Å²) in [6.45, 7) is 1.92. The van der Waals surface area contributed by atoms with Crippen LogP contribution in [0.1, 0.15) is 10.7 Å². The summed E-state index contributed by atoms with van der Waals surface area (Å²) >= 11 is 13.0. The zero-order valence-electron chi connectivity index (χ0n) is 10.4. The van der Waals surface area contributed by atoms with Crippen LogP contribution in [0.25, 0.3) is 0 Å². The van der Waals surface area contributed by atoms with Gasteiger partial charge in [-0.3, -0.25) is 0 Å². The van der Waals surface area contributed by atoms with Crippen molar-refractivity contribution in [2.75, 3.05) is 5.73 Å². The van der Waals surface area contributed by atoms with E-state index >= 15 is 0 Å². The lowest BCUT2D eigenvalue weighted by Crippen LogP contribution is -2.24. The summed E-state index contributed by atoms with van der Waals surface area (Å²) in [6, 6.07) is 2.68. The lowest BCUT2D eigenvalue weighted by Gasteiger charge is -2.10. The fourth-order valence-corrected chi connectivity index (χ4v) is 4.35. The summed E-state index contributed by atoms with van der Waals surface area (Å²) in [4.78, 5) is 4.00. The highest BCUT2D eigenvalue weighted by atomic mass is 35.5. The summed E-state index contributed by atoms with van der Waals surface area (Å²) < 4.78 is 26.9. The Bertz CT molecular complexity index is 721. The minimum absolute atomic E-state index is 0.00493. The molecule has 20 heavy (non-hydrogen) atoms. The minimum atomic E-state index is -3.83. The van der Waals surface area contributed by atoms with Crippen LogP contribution in [0.15, 0.2) is 22.4 Å². The molecule has 0 bridgehead atoms. The zero-order chi connectivity index (χ0) is 14.9. The van der Waals surface area contributed by atoms with Crippen molar-refractivity contribution >= 4 is 50.2 Å². The van der Waals surface area contributed by atoms with Crippen LogP contribution in [0.2, 0.25) is 10.0 Å². The zero-order valence-corrected chi connectivity index (χ0v) is 13.5. The highest BCUT2D eigenvalue weighted by Crippen LogP contribution is 2.31. The van der Waals surface area contributed by atoms with E-state index < -0.39 is 10.0 Å². The number of nitrogens with two attached hydrogens (primary N) is 1. The van der Waals surface area contributed by atoms with Gasteiger partial charge >= 0.3 is 0 Å². The second kappa shape index (κ2) is 5.87. The van der Waals surface area contributed by atoms with E-state index in [1.54, 1.807) is 0 Å².